The van der Waals surface area contributed by atoms with Gasteiger partial charge in [0.05, 0.1) is 0 Å². The van der Waals surface area contributed by atoms with Crippen LogP contribution in [0.25, 0.3) is 0 Å². The van der Waals surface area contributed by atoms with E-state index in [9.17, 15) is 9.59 Å². The molecule has 1 aromatic carbocycles. The maximum atomic E-state index is 12.8. The number of carboxylic acids is 1. The first-order valence-corrected chi connectivity index (χ1v) is 7.41. The molecule has 5 heteroatoms. The second-order valence-electron chi connectivity index (χ2n) is 5.54. The molecule has 0 spiro atoms. The van der Waals surface area contributed by atoms with Crippen molar-refractivity contribution in [2.45, 2.75) is 25.7 Å². The fraction of sp³-hybridized carbons (Fsp3) is 0.500. The summed E-state index contributed by atoms with van der Waals surface area (Å²) < 4.78 is 0. The molecule has 1 aromatic rings. The highest BCUT2D eigenvalue weighted by Crippen LogP contribution is 2.32. The largest absolute Gasteiger partial charge is 0.480 e. The normalized spacial score (nSPS) is 21.8. The van der Waals surface area contributed by atoms with Crippen LogP contribution in [0.1, 0.15) is 25.7 Å². The van der Waals surface area contributed by atoms with Crippen molar-refractivity contribution in [1.82, 2.24) is 0 Å². The summed E-state index contributed by atoms with van der Waals surface area (Å²) in [6, 6.07) is 8.98. The smallest absolute Gasteiger partial charge is 0.323 e. The molecule has 1 saturated carbocycles. The van der Waals surface area contributed by atoms with Gasteiger partial charge in [-0.25, -0.2) is 0 Å². The van der Waals surface area contributed by atoms with Crippen molar-refractivity contribution < 1.29 is 14.7 Å². The van der Waals surface area contributed by atoms with Crippen LogP contribution in [-0.4, -0.2) is 30.1 Å². The number of rotatable bonds is 5. The van der Waals surface area contributed by atoms with E-state index in [1.54, 1.807) is 24.3 Å². The maximum absolute atomic E-state index is 12.8. The van der Waals surface area contributed by atoms with Gasteiger partial charge >= 0.3 is 5.97 Å². The van der Waals surface area contributed by atoms with Crippen LogP contribution in [0, 0.1) is 11.8 Å². The molecule has 5 nitrogen and oxygen atoms in total. The highest BCUT2D eigenvalue weighted by molar-refractivity contribution is 5.98. The number of nitrogens with zero attached hydrogens (tertiary/aromatic N) is 1. The average molecular weight is 290 g/mol. The standard InChI is InChI=1S/C16H22N2O3/c17-10-12-6-4-5-9-14(12)16(21)18(11-15(19)20)13-7-2-1-3-8-13/h1-3,7-8,12,14H,4-6,9-11,17H2,(H,19,20). The molecule has 114 valence electrons. The molecule has 2 unspecified atom stereocenters. The Hall–Kier alpha value is -1.88. The fourth-order valence-electron chi connectivity index (χ4n) is 3.05. The summed E-state index contributed by atoms with van der Waals surface area (Å²) in [5.74, 6) is -1.12. The molecule has 0 heterocycles. The van der Waals surface area contributed by atoms with Gasteiger partial charge in [-0.15, -0.1) is 0 Å². The van der Waals surface area contributed by atoms with Crippen molar-refractivity contribution >= 4 is 17.6 Å². The lowest BCUT2D eigenvalue weighted by Crippen LogP contribution is -2.44. The van der Waals surface area contributed by atoms with Crippen LogP contribution in [0.3, 0.4) is 0 Å². The van der Waals surface area contributed by atoms with Gasteiger partial charge in [-0.05, 0) is 37.4 Å². The van der Waals surface area contributed by atoms with E-state index in [2.05, 4.69) is 0 Å². The molecule has 1 aliphatic carbocycles. The Morgan fingerprint density at radius 1 is 1.19 bits per heavy atom. The Morgan fingerprint density at radius 3 is 2.48 bits per heavy atom. The predicted molar refractivity (Wildman–Crippen MR) is 80.9 cm³/mol. The van der Waals surface area contributed by atoms with Crippen molar-refractivity contribution in [3.05, 3.63) is 30.3 Å². The van der Waals surface area contributed by atoms with Crippen LogP contribution in [0.5, 0.6) is 0 Å². The minimum Gasteiger partial charge on any atom is -0.480 e. The lowest BCUT2D eigenvalue weighted by Gasteiger charge is -2.33. The molecule has 0 aliphatic heterocycles. The summed E-state index contributed by atoms with van der Waals surface area (Å²) in [6.45, 7) is 0.169. The number of para-hydroxylation sites is 1. The topological polar surface area (TPSA) is 83.6 Å². The summed E-state index contributed by atoms with van der Waals surface area (Å²) >= 11 is 0. The summed E-state index contributed by atoms with van der Waals surface area (Å²) in [5, 5.41) is 9.10. The predicted octanol–water partition coefficient (Wildman–Crippen LogP) is 1.87. The summed E-state index contributed by atoms with van der Waals surface area (Å²) in [6.07, 6.45) is 3.84. The molecule has 3 N–H and O–H groups in total. The van der Waals surface area contributed by atoms with Gasteiger partial charge in [-0.3, -0.25) is 9.59 Å². The molecular formula is C16H22N2O3. The number of aliphatic carboxylic acids is 1. The van der Waals surface area contributed by atoms with E-state index in [0.717, 1.165) is 25.7 Å². The summed E-state index contributed by atoms with van der Waals surface area (Å²) in [4.78, 5) is 25.3. The van der Waals surface area contributed by atoms with Gasteiger partial charge in [-0.2, -0.15) is 0 Å². The number of hydrogen-bond acceptors (Lipinski definition) is 3. The summed E-state index contributed by atoms with van der Waals surface area (Å²) in [5.41, 5.74) is 6.42. The van der Waals surface area contributed by atoms with E-state index in [0.29, 0.717) is 12.2 Å². The van der Waals surface area contributed by atoms with Crippen LogP contribution >= 0.6 is 0 Å². The second-order valence-corrected chi connectivity index (χ2v) is 5.54. The minimum absolute atomic E-state index is 0.112. The van der Waals surface area contributed by atoms with Gasteiger partial charge in [0.15, 0.2) is 0 Å². The lowest BCUT2D eigenvalue weighted by molar-refractivity contribution is -0.137. The lowest BCUT2D eigenvalue weighted by atomic mass is 9.78. The van der Waals surface area contributed by atoms with Crippen molar-refractivity contribution in [1.29, 1.82) is 0 Å². The first kappa shape index (κ1) is 15.5. The molecule has 21 heavy (non-hydrogen) atoms. The number of nitrogens with two attached hydrogens (primary N) is 1. The second kappa shape index (κ2) is 7.22. The molecule has 0 aromatic heterocycles. The van der Waals surface area contributed by atoms with Gasteiger partial charge in [0.25, 0.3) is 0 Å². The first-order chi connectivity index (χ1) is 10.1. The zero-order valence-corrected chi connectivity index (χ0v) is 12.1. The third-order valence-electron chi connectivity index (χ3n) is 4.16. The zero-order valence-electron chi connectivity index (χ0n) is 12.1. The number of hydrogen-bond donors (Lipinski definition) is 2. The molecule has 1 amide bonds. The molecule has 2 rings (SSSR count). The number of anilines is 1. The SMILES string of the molecule is NCC1CCCCC1C(=O)N(CC(=O)O)c1ccccc1. The van der Waals surface area contributed by atoms with E-state index in [1.807, 2.05) is 6.07 Å². The van der Waals surface area contributed by atoms with Crippen molar-refractivity contribution in [2.24, 2.45) is 17.6 Å². The number of carboxylic acid groups (broad SMARTS) is 1. The van der Waals surface area contributed by atoms with Gasteiger partial charge in [0.2, 0.25) is 5.91 Å². The third-order valence-corrected chi connectivity index (χ3v) is 4.16. The Bertz CT molecular complexity index is 490. The minimum atomic E-state index is -1.01. The van der Waals surface area contributed by atoms with Gasteiger partial charge in [-0.1, -0.05) is 31.0 Å². The molecule has 2 atom stereocenters. The average Bonchev–Trinajstić information content (AvgIpc) is 2.52. The van der Waals surface area contributed by atoms with Crippen LogP contribution in [0.2, 0.25) is 0 Å². The van der Waals surface area contributed by atoms with E-state index in [4.69, 9.17) is 10.8 Å². The Morgan fingerprint density at radius 2 is 1.86 bits per heavy atom. The highest BCUT2D eigenvalue weighted by atomic mass is 16.4. The Kier molecular flexibility index (Phi) is 5.33. The summed E-state index contributed by atoms with van der Waals surface area (Å²) in [7, 11) is 0. The molecule has 1 fully saturated rings. The maximum Gasteiger partial charge on any atom is 0.323 e. The van der Waals surface area contributed by atoms with E-state index in [1.165, 1.54) is 4.90 Å². The number of carbonyl (C=O) groups is 2. The first-order valence-electron chi connectivity index (χ1n) is 7.41. The van der Waals surface area contributed by atoms with E-state index >= 15 is 0 Å². The molecule has 1 aliphatic rings. The highest BCUT2D eigenvalue weighted by Gasteiger charge is 2.34. The molecule has 0 radical (unpaired) electrons. The van der Waals surface area contributed by atoms with Crippen LogP contribution < -0.4 is 10.6 Å². The van der Waals surface area contributed by atoms with Crippen LogP contribution in [-0.2, 0) is 9.59 Å². The molecule has 0 bridgehead atoms. The van der Waals surface area contributed by atoms with Gasteiger partial charge in [0.1, 0.15) is 6.54 Å². The van der Waals surface area contributed by atoms with Crippen molar-refractivity contribution in [2.75, 3.05) is 18.0 Å². The van der Waals surface area contributed by atoms with E-state index in [-0.39, 0.29) is 24.3 Å². The van der Waals surface area contributed by atoms with Crippen molar-refractivity contribution in [3.8, 4) is 0 Å². The molecular weight excluding hydrogens is 268 g/mol. The number of carbonyl (C=O) groups excluding carboxylic acids is 1. The van der Waals surface area contributed by atoms with Crippen LogP contribution in [0.4, 0.5) is 5.69 Å². The van der Waals surface area contributed by atoms with Gasteiger partial charge < -0.3 is 15.7 Å². The van der Waals surface area contributed by atoms with Gasteiger partial charge in [0, 0.05) is 11.6 Å². The third kappa shape index (κ3) is 3.82. The van der Waals surface area contributed by atoms with Crippen molar-refractivity contribution in [3.63, 3.8) is 0 Å². The Balaban J connectivity index is 2.23. The zero-order chi connectivity index (χ0) is 15.2. The van der Waals surface area contributed by atoms with E-state index < -0.39 is 5.97 Å². The van der Waals surface area contributed by atoms with Crippen LogP contribution in [0.15, 0.2) is 30.3 Å². The molecule has 0 saturated heterocycles. The monoisotopic (exact) mass is 290 g/mol. The number of amides is 1. The number of benzene rings is 1. The quantitative estimate of drug-likeness (QED) is 0.867. The fourth-order valence-corrected chi connectivity index (χ4v) is 3.05. The Labute approximate surface area is 124 Å².